The second-order valence-corrected chi connectivity index (χ2v) is 7.07. The van der Waals surface area contributed by atoms with Crippen molar-refractivity contribution >= 4 is 11.3 Å². The minimum atomic E-state index is 0.558. The zero-order valence-corrected chi connectivity index (χ0v) is 12.2. The number of nitrogens with zero attached hydrogens (tertiary/aromatic N) is 1. The van der Waals surface area contributed by atoms with Crippen LogP contribution in [0.1, 0.15) is 36.1 Å². The zero-order valence-electron chi connectivity index (χ0n) is 11.4. The SMILES string of the molecule is CNCC1(CN2CCc3sccc3C2)CCCC1. The number of hydrogen-bond acceptors (Lipinski definition) is 3. The van der Waals surface area contributed by atoms with Gasteiger partial charge in [0.25, 0.3) is 0 Å². The molecule has 0 saturated heterocycles. The molecule has 1 saturated carbocycles. The van der Waals surface area contributed by atoms with E-state index in [2.05, 4.69) is 28.7 Å². The van der Waals surface area contributed by atoms with E-state index in [4.69, 9.17) is 0 Å². The van der Waals surface area contributed by atoms with Gasteiger partial charge in [0.2, 0.25) is 0 Å². The fourth-order valence-electron chi connectivity index (χ4n) is 3.81. The van der Waals surface area contributed by atoms with E-state index in [1.54, 1.807) is 10.4 Å². The molecule has 0 atom stereocenters. The number of nitrogens with one attached hydrogen (secondary N) is 1. The van der Waals surface area contributed by atoms with E-state index in [1.807, 2.05) is 11.3 Å². The third kappa shape index (κ3) is 2.49. The topological polar surface area (TPSA) is 15.3 Å². The Hall–Kier alpha value is -0.380. The molecule has 0 aromatic carbocycles. The molecular weight excluding hydrogens is 240 g/mol. The summed E-state index contributed by atoms with van der Waals surface area (Å²) in [7, 11) is 2.10. The number of rotatable bonds is 4. The van der Waals surface area contributed by atoms with E-state index in [0.717, 1.165) is 0 Å². The van der Waals surface area contributed by atoms with Crippen molar-refractivity contribution < 1.29 is 0 Å². The van der Waals surface area contributed by atoms with Gasteiger partial charge in [0, 0.05) is 31.1 Å². The quantitative estimate of drug-likeness (QED) is 0.899. The van der Waals surface area contributed by atoms with Crippen LogP contribution in [0.2, 0.25) is 0 Å². The first-order valence-corrected chi connectivity index (χ1v) is 8.12. The van der Waals surface area contributed by atoms with Gasteiger partial charge in [0.05, 0.1) is 0 Å². The van der Waals surface area contributed by atoms with Crippen LogP contribution in [0.4, 0.5) is 0 Å². The van der Waals surface area contributed by atoms with Gasteiger partial charge < -0.3 is 5.32 Å². The average Bonchev–Trinajstić information content (AvgIpc) is 2.98. The molecule has 0 amide bonds. The summed E-state index contributed by atoms with van der Waals surface area (Å²) in [5, 5.41) is 5.69. The number of thiophene rings is 1. The fraction of sp³-hybridized carbons (Fsp3) is 0.733. The van der Waals surface area contributed by atoms with Crippen LogP contribution < -0.4 is 5.32 Å². The van der Waals surface area contributed by atoms with Crippen LogP contribution in [-0.4, -0.2) is 31.6 Å². The molecule has 2 nitrogen and oxygen atoms in total. The summed E-state index contributed by atoms with van der Waals surface area (Å²) < 4.78 is 0. The Labute approximate surface area is 114 Å². The molecule has 3 heteroatoms. The molecule has 3 rings (SSSR count). The minimum absolute atomic E-state index is 0.558. The fourth-order valence-corrected chi connectivity index (χ4v) is 4.70. The third-order valence-corrected chi connectivity index (χ3v) is 5.68. The summed E-state index contributed by atoms with van der Waals surface area (Å²) in [4.78, 5) is 4.32. The maximum atomic E-state index is 3.43. The van der Waals surface area contributed by atoms with Crippen molar-refractivity contribution in [2.24, 2.45) is 5.41 Å². The Morgan fingerprint density at radius 2 is 2.22 bits per heavy atom. The van der Waals surface area contributed by atoms with Gasteiger partial charge in [-0.1, -0.05) is 12.8 Å². The van der Waals surface area contributed by atoms with Crippen LogP contribution in [0.5, 0.6) is 0 Å². The molecule has 0 radical (unpaired) electrons. The van der Waals surface area contributed by atoms with E-state index in [0.29, 0.717) is 5.41 Å². The van der Waals surface area contributed by atoms with Gasteiger partial charge in [0.1, 0.15) is 0 Å². The Kier molecular flexibility index (Phi) is 3.73. The zero-order chi connectivity index (χ0) is 12.4. The highest BCUT2D eigenvalue weighted by atomic mass is 32.1. The van der Waals surface area contributed by atoms with Crippen molar-refractivity contribution in [1.29, 1.82) is 0 Å². The lowest BCUT2D eigenvalue weighted by molar-refractivity contribution is 0.140. The van der Waals surface area contributed by atoms with Gasteiger partial charge in [-0.3, -0.25) is 4.90 Å². The monoisotopic (exact) mass is 264 g/mol. The van der Waals surface area contributed by atoms with Gasteiger partial charge in [-0.05, 0) is 48.7 Å². The molecule has 1 aliphatic carbocycles. The second kappa shape index (κ2) is 5.32. The summed E-state index contributed by atoms with van der Waals surface area (Å²) in [5.74, 6) is 0. The van der Waals surface area contributed by atoms with E-state index in [-0.39, 0.29) is 0 Å². The molecule has 0 spiro atoms. The molecule has 0 unspecified atom stereocenters. The van der Waals surface area contributed by atoms with E-state index < -0.39 is 0 Å². The van der Waals surface area contributed by atoms with E-state index in [9.17, 15) is 0 Å². The summed E-state index contributed by atoms with van der Waals surface area (Å²) >= 11 is 1.94. The molecule has 1 aromatic heterocycles. The first-order valence-electron chi connectivity index (χ1n) is 7.24. The Morgan fingerprint density at radius 1 is 1.39 bits per heavy atom. The van der Waals surface area contributed by atoms with Gasteiger partial charge in [-0.25, -0.2) is 0 Å². The molecule has 2 heterocycles. The molecule has 1 aromatic rings. The van der Waals surface area contributed by atoms with Gasteiger partial charge in [-0.2, -0.15) is 0 Å². The molecule has 0 bridgehead atoms. The summed E-state index contributed by atoms with van der Waals surface area (Å²) in [6, 6.07) is 2.32. The average molecular weight is 264 g/mol. The van der Waals surface area contributed by atoms with Gasteiger partial charge in [-0.15, -0.1) is 11.3 Å². The Balaban J connectivity index is 1.66. The van der Waals surface area contributed by atoms with Crippen LogP contribution >= 0.6 is 11.3 Å². The third-order valence-electron chi connectivity index (χ3n) is 4.66. The second-order valence-electron chi connectivity index (χ2n) is 6.07. The Bertz CT molecular complexity index is 393. The predicted molar refractivity (Wildman–Crippen MR) is 78.1 cm³/mol. The highest BCUT2D eigenvalue weighted by Gasteiger charge is 2.35. The van der Waals surface area contributed by atoms with Crippen molar-refractivity contribution in [3.8, 4) is 0 Å². The molecule has 1 N–H and O–H groups in total. The van der Waals surface area contributed by atoms with Crippen molar-refractivity contribution in [2.45, 2.75) is 38.6 Å². The summed E-state index contributed by atoms with van der Waals surface area (Å²) in [6.45, 7) is 4.94. The lowest BCUT2D eigenvalue weighted by Gasteiger charge is -2.37. The standard InChI is InChI=1S/C15H24N2S/c1-16-11-15(6-2-3-7-15)12-17-8-4-14-13(10-17)5-9-18-14/h5,9,16H,2-4,6-8,10-12H2,1H3. The van der Waals surface area contributed by atoms with Crippen LogP contribution in [-0.2, 0) is 13.0 Å². The first kappa shape index (κ1) is 12.6. The Morgan fingerprint density at radius 3 is 3.00 bits per heavy atom. The van der Waals surface area contributed by atoms with Gasteiger partial charge >= 0.3 is 0 Å². The van der Waals surface area contributed by atoms with Gasteiger partial charge in [0.15, 0.2) is 0 Å². The summed E-state index contributed by atoms with van der Waals surface area (Å²) in [5.41, 5.74) is 2.14. The molecule has 1 aliphatic heterocycles. The molecule has 2 aliphatic rings. The van der Waals surface area contributed by atoms with E-state index >= 15 is 0 Å². The normalized spacial score (nSPS) is 23.2. The molecule has 18 heavy (non-hydrogen) atoms. The maximum Gasteiger partial charge on any atom is 0.0245 e. The highest BCUT2D eigenvalue weighted by molar-refractivity contribution is 7.10. The van der Waals surface area contributed by atoms with Crippen LogP contribution in [0.15, 0.2) is 11.4 Å². The van der Waals surface area contributed by atoms with Crippen molar-refractivity contribution in [3.63, 3.8) is 0 Å². The highest BCUT2D eigenvalue weighted by Crippen LogP contribution is 2.39. The maximum absolute atomic E-state index is 3.43. The smallest absolute Gasteiger partial charge is 0.0245 e. The predicted octanol–water partition coefficient (Wildman–Crippen LogP) is 2.89. The van der Waals surface area contributed by atoms with Crippen molar-refractivity contribution in [2.75, 3.05) is 26.7 Å². The molecule has 100 valence electrons. The van der Waals surface area contributed by atoms with Crippen LogP contribution in [0.25, 0.3) is 0 Å². The number of fused-ring (bicyclic) bond motifs is 1. The van der Waals surface area contributed by atoms with Crippen molar-refractivity contribution in [1.82, 2.24) is 10.2 Å². The number of hydrogen-bond donors (Lipinski definition) is 1. The lowest BCUT2D eigenvalue weighted by Crippen LogP contribution is -2.43. The van der Waals surface area contributed by atoms with E-state index in [1.165, 1.54) is 58.3 Å². The first-order chi connectivity index (χ1) is 8.81. The minimum Gasteiger partial charge on any atom is -0.319 e. The van der Waals surface area contributed by atoms with Crippen molar-refractivity contribution in [3.05, 3.63) is 21.9 Å². The summed E-state index contributed by atoms with van der Waals surface area (Å²) in [6.07, 6.45) is 6.96. The lowest BCUT2D eigenvalue weighted by atomic mass is 9.85. The molecular formula is C15H24N2S. The largest absolute Gasteiger partial charge is 0.319 e. The van der Waals surface area contributed by atoms with Crippen LogP contribution in [0.3, 0.4) is 0 Å². The molecule has 1 fully saturated rings. The van der Waals surface area contributed by atoms with Crippen LogP contribution in [0, 0.1) is 5.41 Å².